The quantitative estimate of drug-likeness (QED) is 0.724. The second kappa shape index (κ2) is 6.67. The molecule has 5 nitrogen and oxygen atoms in total. The number of hydrogen-bond acceptors (Lipinski definition) is 5. The van der Waals surface area contributed by atoms with Crippen LogP contribution in [-0.4, -0.2) is 41.3 Å². The van der Waals surface area contributed by atoms with Gasteiger partial charge in [-0.15, -0.1) is 0 Å². The number of rotatable bonds is 6. The van der Waals surface area contributed by atoms with Gasteiger partial charge in [-0.25, -0.2) is 8.42 Å². The number of methoxy groups -OCH3 is 3. The molecule has 1 aromatic carbocycles. The fourth-order valence-electron chi connectivity index (χ4n) is 1.81. The number of benzene rings is 1. The summed E-state index contributed by atoms with van der Waals surface area (Å²) in [4.78, 5) is -0.410. The van der Waals surface area contributed by atoms with E-state index in [0.717, 1.165) is 0 Å². The van der Waals surface area contributed by atoms with E-state index in [1.165, 1.54) is 27.6 Å². The number of ether oxygens (including phenoxy) is 3. The van der Waals surface area contributed by atoms with E-state index in [2.05, 4.69) is 15.9 Å². The zero-order valence-corrected chi connectivity index (χ0v) is 14.5. The van der Waals surface area contributed by atoms with Crippen LogP contribution < -0.4 is 14.2 Å². The van der Waals surface area contributed by atoms with E-state index in [-0.39, 0.29) is 0 Å². The topological polar surface area (TPSA) is 61.8 Å². The van der Waals surface area contributed by atoms with Gasteiger partial charge in [0, 0.05) is 11.8 Å². The van der Waals surface area contributed by atoms with Gasteiger partial charge in [-0.05, 0) is 13.0 Å². The summed E-state index contributed by atoms with van der Waals surface area (Å²) in [7, 11) is 1.36. The molecule has 0 radical (unpaired) electrons. The highest BCUT2D eigenvalue weighted by Crippen LogP contribution is 2.45. The summed E-state index contributed by atoms with van der Waals surface area (Å²) in [6.07, 6.45) is 1.21. The Morgan fingerprint density at radius 1 is 1.05 bits per heavy atom. The molecular weight excluding hydrogens is 348 g/mol. The number of hydrogen-bond donors (Lipinski definition) is 0. The maximum atomic E-state index is 11.7. The lowest BCUT2D eigenvalue weighted by Gasteiger charge is -2.22. The molecule has 1 rings (SSSR count). The van der Waals surface area contributed by atoms with Gasteiger partial charge in [-0.3, -0.25) is 0 Å². The van der Waals surface area contributed by atoms with Gasteiger partial charge >= 0.3 is 0 Å². The average Bonchev–Trinajstić information content (AvgIpc) is 2.42. The zero-order chi connectivity index (χ0) is 15.5. The monoisotopic (exact) mass is 366 g/mol. The van der Waals surface area contributed by atoms with Crippen molar-refractivity contribution < 1.29 is 22.6 Å². The summed E-state index contributed by atoms with van der Waals surface area (Å²) in [6, 6.07) is 3.49. The molecule has 0 saturated heterocycles. The fourth-order valence-corrected chi connectivity index (χ4v) is 3.93. The average molecular weight is 367 g/mol. The molecule has 0 aliphatic carbocycles. The van der Waals surface area contributed by atoms with Crippen LogP contribution in [0.3, 0.4) is 0 Å². The molecule has 0 saturated carbocycles. The van der Waals surface area contributed by atoms with E-state index >= 15 is 0 Å². The van der Waals surface area contributed by atoms with E-state index in [1.807, 2.05) is 0 Å². The SMILES string of the molecule is COc1ccc(C(Br)C(C)S(C)(=O)=O)c(OC)c1OC. The predicted octanol–water partition coefficient (Wildman–Crippen LogP) is 2.58. The molecule has 1 aromatic rings. The molecule has 0 N–H and O–H groups in total. The Labute approximate surface area is 128 Å². The molecule has 0 aliphatic heterocycles. The van der Waals surface area contributed by atoms with Crippen LogP contribution >= 0.6 is 15.9 Å². The molecule has 0 fully saturated rings. The van der Waals surface area contributed by atoms with Crippen LogP contribution in [0.1, 0.15) is 17.3 Å². The van der Waals surface area contributed by atoms with Gasteiger partial charge in [0.2, 0.25) is 5.75 Å². The molecule has 2 atom stereocenters. The Balaban J connectivity index is 3.39. The summed E-state index contributed by atoms with van der Waals surface area (Å²) >= 11 is 3.43. The lowest BCUT2D eigenvalue weighted by molar-refractivity contribution is 0.322. The molecule has 0 spiro atoms. The molecular formula is C13H19BrO5S. The molecule has 0 aromatic heterocycles. The first kappa shape index (κ1) is 17.1. The molecule has 2 unspecified atom stereocenters. The predicted molar refractivity (Wildman–Crippen MR) is 82.1 cm³/mol. The minimum Gasteiger partial charge on any atom is -0.493 e. The maximum Gasteiger partial charge on any atom is 0.203 e. The second-order valence-electron chi connectivity index (χ2n) is 4.36. The van der Waals surface area contributed by atoms with E-state index in [0.29, 0.717) is 22.8 Å². The molecule has 7 heteroatoms. The summed E-state index contributed by atoms with van der Waals surface area (Å²) in [5.41, 5.74) is 0.697. The smallest absolute Gasteiger partial charge is 0.203 e. The van der Waals surface area contributed by atoms with Crippen LogP contribution in [0, 0.1) is 0 Å². The Hall–Kier alpha value is -0.950. The first-order chi connectivity index (χ1) is 9.27. The van der Waals surface area contributed by atoms with Crippen LogP contribution in [0.5, 0.6) is 17.2 Å². The summed E-state index contributed by atoms with van der Waals surface area (Å²) in [6.45, 7) is 1.64. The molecule has 0 bridgehead atoms. The summed E-state index contributed by atoms with van der Waals surface area (Å²) < 4.78 is 39.3. The van der Waals surface area contributed by atoms with Gasteiger partial charge in [-0.2, -0.15) is 0 Å². The van der Waals surface area contributed by atoms with Gasteiger partial charge in [0.25, 0.3) is 0 Å². The number of alkyl halides is 1. The van der Waals surface area contributed by atoms with Crippen molar-refractivity contribution in [2.45, 2.75) is 17.0 Å². The molecule has 0 aliphatic rings. The summed E-state index contributed by atoms with van der Waals surface area (Å²) in [5.74, 6) is 1.43. The van der Waals surface area contributed by atoms with Crippen molar-refractivity contribution in [2.24, 2.45) is 0 Å². The van der Waals surface area contributed by atoms with Crippen LogP contribution in [-0.2, 0) is 9.84 Å². The van der Waals surface area contributed by atoms with Crippen molar-refractivity contribution in [1.29, 1.82) is 0 Å². The highest BCUT2D eigenvalue weighted by Gasteiger charge is 2.29. The van der Waals surface area contributed by atoms with Gasteiger partial charge < -0.3 is 14.2 Å². The van der Waals surface area contributed by atoms with Gasteiger partial charge in [-0.1, -0.05) is 22.0 Å². The number of sulfone groups is 1. The zero-order valence-electron chi connectivity index (χ0n) is 12.1. The second-order valence-corrected chi connectivity index (χ2v) is 7.75. The minimum absolute atomic E-state index is 0.410. The maximum absolute atomic E-state index is 11.7. The van der Waals surface area contributed by atoms with E-state index in [4.69, 9.17) is 14.2 Å². The highest BCUT2D eigenvalue weighted by atomic mass is 79.9. The highest BCUT2D eigenvalue weighted by molar-refractivity contribution is 9.09. The molecule has 114 valence electrons. The fraction of sp³-hybridized carbons (Fsp3) is 0.538. The van der Waals surface area contributed by atoms with Crippen molar-refractivity contribution in [3.8, 4) is 17.2 Å². The third-order valence-electron chi connectivity index (χ3n) is 3.12. The standard InChI is InChI=1S/C13H19BrO5S/c1-8(20(5,15)16)11(14)9-6-7-10(17-2)13(19-4)12(9)18-3/h6-8,11H,1-5H3. The van der Waals surface area contributed by atoms with Crippen LogP contribution in [0.4, 0.5) is 0 Å². The Morgan fingerprint density at radius 2 is 1.60 bits per heavy atom. The first-order valence-electron chi connectivity index (χ1n) is 5.89. The number of halogens is 1. The largest absolute Gasteiger partial charge is 0.493 e. The Morgan fingerprint density at radius 3 is 2.00 bits per heavy atom. The van der Waals surface area contributed by atoms with Crippen molar-refractivity contribution >= 4 is 25.8 Å². The molecule has 0 amide bonds. The van der Waals surface area contributed by atoms with E-state index in [1.54, 1.807) is 19.1 Å². The summed E-state index contributed by atoms with van der Waals surface area (Å²) in [5, 5.41) is -0.602. The van der Waals surface area contributed by atoms with Gasteiger partial charge in [0.15, 0.2) is 21.3 Å². The molecule has 0 heterocycles. The minimum atomic E-state index is -3.18. The van der Waals surface area contributed by atoms with Crippen molar-refractivity contribution in [2.75, 3.05) is 27.6 Å². The third kappa shape index (κ3) is 3.38. The Kier molecular flexibility index (Phi) is 5.70. The lowest BCUT2D eigenvalue weighted by atomic mass is 10.1. The van der Waals surface area contributed by atoms with E-state index in [9.17, 15) is 8.42 Å². The molecule has 20 heavy (non-hydrogen) atoms. The van der Waals surface area contributed by atoms with Crippen molar-refractivity contribution in [3.05, 3.63) is 17.7 Å². The lowest BCUT2D eigenvalue weighted by Crippen LogP contribution is -2.21. The normalized spacial score (nSPS) is 14.5. The van der Waals surface area contributed by atoms with Crippen molar-refractivity contribution in [1.82, 2.24) is 0 Å². The van der Waals surface area contributed by atoms with Crippen molar-refractivity contribution in [3.63, 3.8) is 0 Å². The van der Waals surface area contributed by atoms with Crippen LogP contribution in [0.15, 0.2) is 12.1 Å². The third-order valence-corrected chi connectivity index (χ3v) is 6.38. The van der Waals surface area contributed by atoms with E-state index < -0.39 is 19.9 Å². The van der Waals surface area contributed by atoms with Gasteiger partial charge in [0.1, 0.15) is 0 Å². The first-order valence-corrected chi connectivity index (χ1v) is 8.76. The van der Waals surface area contributed by atoms with Crippen LogP contribution in [0.25, 0.3) is 0 Å². The Bertz CT molecular complexity index is 570. The van der Waals surface area contributed by atoms with Crippen LogP contribution in [0.2, 0.25) is 0 Å². The van der Waals surface area contributed by atoms with Gasteiger partial charge in [0.05, 0.1) is 31.4 Å².